The minimum absolute atomic E-state index is 0.253. The van der Waals surface area contributed by atoms with E-state index in [1.165, 1.54) is 23.0 Å². The molecule has 1 N–H and O–H groups in total. The van der Waals surface area contributed by atoms with Gasteiger partial charge in [0.2, 0.25) is 0 Å². The van der Waals surface area contributed by atoms with Gasteiger partial charge in [-0.05, 0) is 42.5 Å². The summed E-state index contributed by atoms with van der Waals surface area (Å²) < 4.78 is 6.61. The number of carboxylic acid groups (broad SMARTS) is 1. The van der Waals surface area contributed by atoms with Crippen LogP contribution < -0.4 is 4.74 Å². The van der Waals surface area contributed by atoms with E-state index in [1.54, 1.807) is 32.0 Å². The summed E-state index contributed by atoms with van der Waals surface area (Å²) in [5.41, 5.74) is 0.814. The Hall–Kier alpha value is -2.97. The molecule has 0 saturated heterocycles. The lowest BCUT2D eigenvalue weighted by atomic mass is 10.1. The van der Waals surface area contributed by atoms with Crippen LogP contribution in [-0.2, 0) is 4.79 Å². The fraction of sp³-hybridized carbons (Fsp3) is 0.357. The molecule has 0 unspecified atom stereocenters. The highest BCUT2D eigenvalue weighted by atomic mass is 16.5. The maximum absolute atomic E-state index is 12.6. The third-order valence-electron chi connectivity index (χ3n) is 3.21. The van der Waals surface area contributed by atoms with Gasteiger partial charge in [0.15, 0.2) is 0 Å². The molecule has 9 heteroatoms. The number of hydrogen-bond donors (Lipinski definition) is 1. The summed E-state index contributed by atoms with van der Waals surface area (Å²) in [7, 11) is 1.50. The molecule has 1 amide bonds. The quantitative estimate of drug-likeness (QED) is 0.830. The molecule has 0 radical (unpaired) electrons. The Balaban J connectivity index is 2.41. The monoisotopic (exact) mass is 319 g/mol. The van der Waals surface area contributed by atoms with Crippen LogP contribution in [0.15, 0.2) is 24.5 Å². The number of ether oxygens (including phenoxy) is 1. The number of methoxy groups -OCH3 is 1. The molecule has 2 rings (SSSR count). The molecule has 0 saturated carbocycles. The fourth-order valence-corrected chi connectivity index (χ4v) is 2.07. The Kier molecular flexibility index (Phi) is 4.89. The molecular formula is C14H17N5O4. The number of carbonyl (C=O) groups excluding carboxylic acids is 1. The van der Waals surface area contributed by atoms with Gasteiger partial charge in [0, 0.05) is 11.6 Å². The van der Waals surface area contributed by atoms with Crippen molar-refractivity contribution in [1.29, 1.82) is 0 Å². The number of carbonyl (C=O) groups is 2. The van der Waals surface area contributed by atoms with Crippen LogP contribution in [-0.4, -0.2) is 61.8 Å². The molecule has 122 valence electrons. The van der Waals surface area contributed by atoms with Crippen LogP contribution in [0.2, 0.25) is 0 Å². The van der Waals surface area contributed by atoms with Crippen molar-refractivity contribution in [1.82, 2.24) is 25.1 Å². The van der Waals surface area contributed by atoms with E-state index in [2.05, 4.69) is 15.5 Å². The Morgan fingerprint density at radius 3 is 2.65 bits per heavy atom. The van der Waals surface area contributed by atoms with Crippen LogP contribution in [0.25, 0.3) is 5.69 Å². The number of carboxylic acids is 1. The van der Waals surface area contributed by atoms with Crippen molar-refractivity contribution in [3.05, 3.63) is 30.1 Å². The first kappa shape index (κ1) is 16.4. The zero-order valence-corrected chi connectivity index (χ0v) is 13.0. The number of tetrazole rings is 1. The predicted octanol–water partition coefficient (Wildman–Crippen LogP) is 0.606. The number of rotatable bonds is 6. The molecule has 0 aliphatic carbocycles. The van der Waals surface area contributed by atoms with E-state index in [4.69, 9.17) is 9.84 Å². The summed E-state index contributed by atoms with van der Waals surface area (Å²) in [5.74, 6) is -0.969. The smallest absolute Gasteiger partial charge is 0.323 e. The van der Waals surface area contributed by atoms with Gasteiger partial charge in [-0.3, -0.25) is 9.59 Å². The van der Waals surface area contributed by atoms with Crippen molar-refractivity contribution < 1.29 is 19.4 Å². The van der Waals surface area contributed by atoms with Crippen molar-refractivity contribution in [3.8, 4) is 11.4 Å². The predicted molar refractivity (Wildman–Crippen MR) is 79.5 cm³/mol. The second kappa shape index (κ2) is 6.86. The first-order valence-electron chi connectivity index (χ1n) is 6.88. The molecule has 0 aliphatic heterocycles. The minimum atomic E-state index is -1.07. The van der Waals surface area contributed by atoms with Gasteiger partial charge < -0.3 is 14.7 Å². The third-order valence-corrected chi connectivity index (χ3v) is 3.21. The largest absolute Gasteiger partial charge is 0.494 e. The normalized spacial score (nSPS) is 10.6. The minimum Gasteiger partial charge on any atom is -0.494 e. The number of hydrogen-bond acceptors (Lipinski definition) is 6. The SMILES string of the molecule is COc1ccc(C(=O)N(CC(=O)O)C(C)C)cc1-n1cnnn1. The summed E-state index contributed by atoms with van der Waals surface area (Å²) in [6.07, 6.45) is 1.38. The highest BCUT2D eigenvalue weighted by Crippen LogP contribution is 2.24. The Morgan fingerprint density at radius 2 is 2.13 bits per heavy atom. The average molecular weight is 319 g/mol. The van der Waals surface area contributed by atoms with E-state index >= 15 is 0 Å². The van der Waals surface area contributed by atoms with E-state index in [1.807, 2.05) is 0 Å². The zero-order valence-electron chi connectivity index (χ0n) is 13.0. The number of benzene rings is 1. The van der Waals surface area contributed by atoms with Gasteiger partial charge in [-0.2, -0.15) is 4.68 Å². The van der Waals surface area contributed by atoms with Crippen LogP contribution in [0.1, 0.15) is 24.2 Å². The molecule has 2 aromatic rings. The molecule has 0 atom stereocenters. The van der Waals surface area contributed by atoms with E-state index in [0.717, 1.165) is 0 Å². The van der Waals surface area contributed by atoms with E-state index in [0.29, 0.717) is 17.0 Å². The van der Waals surface area contributed by atoms with E-state index in [9.17, 15) is 9.59 Å². The van der Waals surface area contributed by atoms with Crippen LogP contribution >= 0.6 is 0 Å². The third kappa shape index (κ3) is 3.62. The lowest BCUT2D eigenvalue weighted by Gasteiger charge is -2.25. The maximum Gasteiger partial charge on any atom is 0.323 e. The molecule has 0 bridgehead atoms. The van der Waals surface area contributed by atoms with Crippen molar-refractivity contribution in [2.45, 2.75) is 19.9 Å². The molecular weight excluding hydrogens is 302 g/mol. The topological polar surface area (TPSA) is 110 Å². The van der Waals surface area contributed by atoms with E-state index < -0.39 is 5.97 Å². The van der Waals surface area contributed by atoms with Gasteiger partial charge in [0.05, 0.1) is 7.11 Å². The molecule has 0 aliphatic rings. The lowest BCUT2D eigenvalue weighted by molar-refractivity contribution is -0.138. The summed E-state index contributed by atoms with van der Waals surface area (Å²) in [6.45, 7) is 3.14. The first-order chi connectivity index (χ1) is 10.9. The van der Waals surface area contributed by atoms with Crippen LogP contribution in [0, 0.1) is 0 Å². The maximum atomic E-state index is 12.6. The molecule has 1 aromatic carbocycles. The van der Waals surface area contributed by atoms with Crippen LogP contribution in [0.3, 0.4) is 0 Å². The summed E-state index contributed by atoms with van der Waals surface area (Å²) in [6, 6.07) is 4.50. The summed E-state index contributed by atoms with van der Waals surface area (Å²) in [4.78, 5) is 24.8. The second-order valence-electron chi connectivity index (χ2n) is 5.06. The zero-order chi connectivity index (χ0) is 17.0. The summed E-state index contributed by atoms with van der Waals surface area (Å²) >= 11 is 0. The molecule has 0 spiro atoms. The van der Waals surface area contributed by atoms with Gasteiger partial charge in [0.1, 0.15) is 24.3 Å². The number of aromatic nitrogens is 4. The van der Waals surface area contributed by atoms with Gasteiger partial charge in [-0.25, -0.2) is 0 Å². The van der Waals surface area contributed by atoms with Crippen molar-refractivity contribution in [3.63, 3.8) is 0 Å². The molecule has 23 heavy (non-hydrogen) atoms. The Morgan fingerprint density at radius 1 is 1.39 bits per heavy atom. The van der Waals surface area contributed by atoms with Crippen molar-refractivity contribution >= 4 is 11.9 Å². The van der Waals surface area contributed by atoms with Crippen molar-refractivity contribution in [2.24, 2.45) is 0 Å². The second-order valence-corrected chi connectivity index (χ2v) is 5.06. The van der Waals surface area contributed by atoms with Gasteiger partial charge in [-0.1, -0.05) is 0 Å². The first-order valence-corrected chi connectivity index (χ1v) is 6.88. The molecule has 1 heterocycles. The molecule has 0 fully saturated rings. The number of aliphatic carboxylic acids is 1. The highest BCUT2D eigenvalue weighted by Gasteiger charge is 2.22. The van der Waals surface area contributed by atoms with Gasteiger partial charge in [-0.15, -0.1) is 5.10 Å². The fourth-order valence-electron chi connectivity index (χ4n) is 2.07. The van der Waals surface area contributed by atoms with Crippen molar-refractivity contribution in [2.75, 3.05) is 13.7 Å². The Labute approximate surface area is 132 Å². The van der Waals surface area contributed by atoms with Gasteiger partial charge in [0.25, 0.3) is 5.91 Å². The molecule has 1 aromatic heterocycles. The standard InChI is InChI=1S/C14H17N5O4/c1-9(2)18(7-13(20)21)14(22)10-4-5-12(23-3)11(6-10)19-8-15-16-17-19/h4-6,8-9H,7H2,1-3H3,(H,20,21). The van der Waals surface area contributed by atoms with Crippen LogP contribution in [0.4, 0.5) is 0 Å². The highest BCUT2D eigenvalue weighted by molar-refractivity contribution is 5.96. The average Bonchev–Trinajstić information content (AvgIpc) is 3.05. The lowest BCUT2D eigenvalue weighted by Crippen LogP contribution is -2.40. The van der Waals surface area contributed by atoms with Crippen LogP contribution in [0.5, 0.6) is 5.75 Å². The number of amides is 1. The summed E-state index contributed by atoms with van der Waals surface area (Å²) in [5, 5.41) is 19.9. The molecule has 9 nitrogen and oxygen atoms in total. The number of nitrogens with zero attached hydrogens (tertiary/aromatic N) is 5. The Bertz CT molecular complexity index is 699. The van der Waals surface area contributed by atoms with Gasteiger partial charge >= 0.3 is 5.97 Å². The van der Waals surface area contributed by atoms with E-state index in [-0.39, 0.29) is 18.5 Å².